The minimum Gasteiger partial charge on any atom is -0.462 e. The molecule has 8 atom stereocenters. The van der Waals surface area contributed by atoms with Crippen molar-refractivity contribution in [3.8, 4) is 0 Å². The van der Waals surface area contributed by atoms with E-state index in [0.717, 1.165) is 44.9 Å². The average molecular weight is 387 g/mol. The third kappa shape index (κ3) is 2.40. The van der Waals surface area contributed by atoms with Gasteiger partial charge < -0.3 is 4.74 Å². The van der Waals surface area contributed by atoms with Gasteiger partial charge in [-0.2, -0.15) is 0 Å². The summed E-state index contributed by atoms with van der Waals surface area (Å²) in [6.45, 7) is 12.7. The molecule has 0 aromatic rings. The Kier molecular flexibility index (Phi) is 4.64. The Morgan fingerprint density at radius 1 is 1.11 bits per heavy atom. The molecule has 3 heteroatoms. The Bertz CT molecular complexity index is 723. The second-order valence-corrected chi connectivity index (χ2v) is 11.0. The predicted octanol–water partition coefficient (Wildman–Crippen LogP) is 5.72. The smallest absolute Gasteiger partial charge is 0.302 e. The molecule has 4 aliphatic rings. The zero-order valence-electron chi connectivity index (χ0n) is 18.6. The van der Waals surface area contributed by atoms with Gasteiger partial charge in [-0.25, -0.2) is 0 Å². The van der Waals surface area contributed by atoms with Crippen molar-refractivity contribution in [1.82, 2.24) is 0 Å². The maximum absolute atomic E-state index is 12.8. The maximum Gasteiger partial charge on any atom is 0.302 e. The fourth-order valence-corrected chi connectivity index (χ4v) is 8.40. The average Bonchev–Trinajstić information content (AvgIpc) is 2.83. The van der Waals surface area contributed by atoms with Crippen molar-refractivity contribution in [3.63, 3.8) is 0 Å². The van der Waals surface area contributed by atoms with E-state index in [1.54, 1.807) is 6.92 Å². The Hall–Kier alpha value is -1.12. The molecule has 0 aromatic heterocycles. The van der Waals surface area contributed by atoms with Crippen LogP contribution in [0.15, 0.2) is 11.6 Å². The van der Waals surface area contributed by atoms with Crippen LogP contribution in [0.4, 0.5) is 0 Å². The quantitative estimate of drug-likeness (QED) is 0.450. The second-order valence-electron chi connectivity index (χ2n) is 11.0. The number of ketones is 1. The molecule has 3 fully saturated rings. The van der Waals surface area contributed by atoms with Crippen LogP contribution < -0.4 is 0 Å². The van der Waals surface area contributed by atoms with Crippen LogP contribution in [-0.4, -0.2) is 17.9 Å². The molecule has 28 heavy (non-hydrogen) atoms. The van der Waals surface area contributed by atoms with E-state index in [4.69, 9.17) is 4.74 Å². The third-order valence-electron chi connectivity index (χ3n) is 10.3. The van der Waals surface area contributed by atoms with Crippen molar-refractivity contribution < 1.29 is 14.3 Å². The van der Waals surface area contributed by atoms with Crippen LogP contribution in [0.1, 0.15) is 86.5 Å². The van der Waals surface area contributed by atoms with Crippen molar-refractivity contribution in [2.45, 2.75) is 92.6 Å². The molecule has 156 valence electrons. The number of allylic oxidation sites excluding steroid dienone is 1. The molecule has 0 unspecified atom stereocenters. The molecule has 0 saturated heterocycles. The first kappa shape index (κ1) is 20.2. The number of ether oxygens (including phenoxy) is 1. The van der Waals surface area contributed by atoms with Gasteiger partial charge in [0.05, 0.1) is 0 Å². The lowest BCUT2D eigenvalue weighted by atomic mass is 9.45. The molecule has 0 N–H and O–H groups in total. The van der Waals surface area contributed by atoms with Crippen LogP contribution >= 0.6 is 0 Å². The number of hydrogen-bond acceptors (Lipinski definition) is 3. The Labute approximate surface area is 170 Å². The molecule has 4 rings (SSSR count). The van der Waals surface area contributed by atoms with Crippen molar-refractivity contribution in [1.29, 1.82) is 0 Å². The van der Waals surface area contributed by atoms with E-state index in [1.165, 1.54) is 5.57 Å². The zero-order chi connectivity index (χ0) is 20.5. The molecule has 0 radical (unpaired) electrons. The highest BCUT2D eigenvalue weighted by Gasteiger charge is 2.67. The summed E-state index contributed by atoms with van der Waals surface area (Å²) in [7, 11) is 0. The van der Waals surface area contributed by atoms with Gasteiger partial charge in [0.25, 0.3) is 0 Å². The Morgan fingerprint density at radius 2 is 1.82 bits per heavy atom. The minimum atomic E-state index is -0.213. The van der Waals surface area contributed by atoms with Gasteiger partial charge in [0.2, 0.25) is 0 Å². The lowest BCUT2D eigenvalue weighted by Crippen LogP contribution is -2.56. The van der Waals surface area contributed by atoms with Crippen molar-refractivity contribution in [2.24, 2.45) is 39.9 Å². The number of rotatable bonds is 2. The fraction of sp³-hybridized carbons (Fsp3) is 0.840. The Balaban J connectivity index is 1.73. The minimum absolute atomic E-state index is 0.0140. The van der Waals surface area contributed by atoms with Gasteiger partial charge >= 0.3 is 5.97 Å². The number of carbonyl (C=O) groups is 2. The largest absolute Gasteiger partial charge is 0.462 e. The van der Waals surface area contributed by atoms with Crippen molar-refractivity contribution >= 4 is 11.8 Å². The first-order valence-electron chi connectivity index (χ1n) is 11.4. The first-order valence-corrected chi connectivity index (χ1v) is 11.4. The van der Waals surface area contributed by atoms with E-state index >= 15 is 0 Å². The van der Waals surface area contributed by atoms with Gasteiger partial charge in [-0.3, -0.25) is 9.59 Å². The normalized spacial score (nSPS) is 50.1. The molecular weight excluding hydrogens is 348 g/mol. The van der Waals surface area contributed by atoms with Crippen molar-refractivity contribution in [2.75, 3.05) is 0 Å². The molecule has 0 bridgehead atoms. The van der Waals surface area contributed by atoms with E-state index < -0.39 is 0 Å². The van der Waals surface area contributed by atoms with E-state index in [2.05, 4.69) is 33.8 Å². The highest BCUT2D eigenvalue weighted by atomic mass is 16.5. The molecule has 0 aliphatic heterocycles. The number of Topliss-reactive ketones (excluding diaryl/α,β-unsaturated/α-hetero) is 1. The van der Waals surface area contributed by atoms with Gasteiger partial charge in [-0.15, -0.1) is 0 Å². The molecule has 3 nitrogen and oxygen atoms in total. The monoisotopic (exact) mass is 386 g/mol. The molecular formula is C25H38O3. The van der Waals surface area contributed by atoms with Gasteiger partial charge in [0.1, 0.15) is 11.9 Å². The lowest BCUT2D eigenvalue weighted by molar-refractivity contribution is -0.164. The number of hydrogen-bond donors (Lipinski definition) is 0. The SMILES string of the molecule is CC(=O)O[C@@H]1CCCC2=CC[C@@H]3[C@H](CC[C@]4(C)[C@H]3C[C@@H](C)[C@]4(C)C(C)=O)[C@]21C. The Morgan fingerprint density at radius 3 is 2.46 bits per heavy atom. The first-order chi connectivity index (χ1) is 13.1. The maximum atomic E-state index is 12.8. The molecule has 3 saturated carbocycles. The van der Waals surface area contributed by atoms with Crippen LogP contribution in [0.3, 0.4) is 0 Å². The number of carbonyl (C=O) groups excluding carboxylic acids is 2. The van der Waals surface area contributed by atoms with Crippen LogP contribution in [0.5, 0.6) is 0 Å². The number of fused-ring (bicyclic) bond motifs is 5. The summed E-state index contributed by atoms with van der Waals surface area (Å²) in [5.41, 5.74) is 1.39. The highest BCUT2D eigenvalue weighted by Crippen LogP contribution is 2.71. The number of esters is 1. The topological polar surface area (TPSA) is 43.4 Å². The summed E-state index contributed by atoms with van der Waals surface area (Å²) in [6, 6.07) is 0. The standard InChI is InChI=1S/C25H38O3/c1-15-14-21-19-11-10-18-8-7-9-22(28-17(3)27)24(18,5)20(19)12-13-23(21,4)25(15,6)16(2)26/h10,15,19-22H,7-9,11-14H2,1-6H3/t15-,19-,20+,21+,22-,23-,24+,25-/m1/s1. The summed E-state index contributed by atoms with van der Waals surface area (Å²) in [4.78, 5) is 24.6. The molecule has 4 aliphatic carbocycles. The van der Waals surface area contributed by atoms with Crippen LogP contribution in [-0.2, 0) is 14.3 Å². The van der Waals surface area contributed by atoms with Crippen LogP contribution in [0, 0.1) is 39.9 Å². The van der Waals surface area contributed by atoms with Gasteiger partial charge in [-0.1, -0.05) is 39.3 Å². The summed E-state index contributed by atoms with van der Waals surface area (Å²) >= 11 is 0. The van der Waals surface area contributed by atoms with Crippen molar-refractivity contribution in [3.05, 3.63) is 11.6 Å². The second kappa shape index (κ2) is 6.44. The predicted molar refractivity (Wildman–Crippen MR) is 111 cm³/mol. The third-order valence-corrected chi connectivity index (χ3v) is 10.3. The van der Waals surface area contributed by atoms with E-state index in [-0.39, 0.29) is 28.3 Å². The molecule has 0 spiro atoms. The molecule has 0 amide bonds. The van der Waals surface area contributed by atoms with E-state index in [0.29, 0.717) is 29.5 Å². The molecule has 0 heterocycles. The van der Waals surface area contributed by atoms with Crippen LogP contribution in [0.25, 0.3) is 0 Å². The highest BCUT2D eigenvalue weighted by molar-refractivity contribution is 5.83. The summed E-state index contributed by atoms with van der Waals surface area (Å²) in [5, 5.41) is 0. The van der Waals surface area contributed by atoms with Crippen LogP contribution in [0.2, 0.25) is 0 Å². The van der Waals surface area contributed by atoms with Gasteiger partial charge in [0, 0.05) is 17.8 Å². The summed E-state index contributed by atoms with van der Waals surface area (Å²) in [5.74, 6) is 2.42. The van der Waals surface area contributed by atoms with Gasteiger partial charge in [0.15, 0.2) is 0 Å². The fourth-order valence-electron chi connectivity index (χ4n) is 8.40. The van der Waals surface area contributed by atoms with Gasteiger partial charge in [-0.05, 0) is 81.0 Å². The van der Waals surface area contributed by atoms with E-state index in [9.17, 15) is 9.59 Å². The lowest BCUT2D eigenvalue weighted by Gasteiger charge is -2.60. The summed E-state index contributed by atoms with van der Waals surface area (Å²) < 4.78 is 5.92. The summed E-state index contributed by atoms with van der Waals surface area (Å²) in [6.07, 6.45) is 10.3. The van der Waals surface area contributed by atoms with E-state index in [1.807, 2.05) is 6.92 Å². The zero-order valence-corrected chi connectivity index (χ0v) is 18.6. The molecule has 0 aromatic carbocycles.